The monoisotopic (exact) mass is 310 g/mol. The van der Waals surface area contributed by atoms with Gasteiger partial charge in [0.2, 0.25) is 10.0 Å². The van der Waals surface area contributed by atoms with Gasteiger partial charge in [-0.05, 0) is 56.2 Å². The van der Waals surface area contributed by atoms with Gasteiger partial charge in [-0.15, -0.1) is 0 Å². The Morgan fingerprint density at radius 1 is 1.24 bits per heavy atom. The summed E-state index contributed by atoms with van der Waals surface area (Å²) >= 11 is 0. The first kappa shape index (κ1) is 16.3. The van der Waals surface area contributed by atoms with Crippen molar-refractivity contribution >= 4 is 15.7 Å². The molecule has 2 N–H and O–H groups in total. The van der Waals surface area contributed by atoms with Gasteiger partial charge in [0.05, 0.1) is 4.90 Å². The van der Waals surface area contributed by atoms with E-state index in [0.29, 0.717) is 35.2 Å². The number of nitrogens with two attached hydrogens (primary N) is 1. The van der Waals surface area contributed by atoms with Crippen LogP contribution in [0.1, 0.15) is 43.7 Å². The first-order valence-electron chi connectivity index (χ1n) is 7.73. The van der Waals surface area contributed by atoms with Crippen LogP contribution in [0.4, 0.5) is 5.69 Å². The van der Waals surface area contributed by atoms with Crippen molar-refractivity contribution in [2.75, 3.05) is 18.8 Å². The molecule has 1 aromatic rings. The van der Waals surface area contributed by atoms with Crippen LogP contribution in [0, 0.1) is 19.8 Å². The molecule has 1 unspecified atom stereocenters. The summed E-state index contributed by atoms with van der Waals surface area (Å²) in [6.45, 7) is 7.05. The fourth-order valence-corrected chi connectivity index (χ4v) is 5.11. The molecule has 0 spiro atoms. The maximum atomic E-state index is 13.0. The number of nitrogens with zero attached hydrogens (tertiary/aromatic N) is 1. The fraction of sp³-hybridized carbons (Fsp3) is 0.625. The third kappa shape index (κ3) is 3.24. The zero-order valence-electron chi connectivity index (χ0n) is 13.2. The van der Waals surface area contributed by atoms with E-state index < -0.39 is 10.0 Å². The van der Waals surface area contributed by atoms with E-state index in [1.807, 2.05) is 6.92 Å². The van der Waals surface area contributed by atoms with Gasteiger partial charge in [-0.25, -0.2) is 8.42 Å². The molecule has 5 heteroatoms. The Morgan fingerprint density at radius 3 is 2.62 bits per heavy atom. The van der Waals surface area contributed by atoms with E-state index in [1.165, 1.54) is 0 Å². The first-order chi connectivity index (χ1) is 9.87. The highest BCUT2D eigenvalue weighted by Crippen LogP contribution is 2.30. The Morgan fingerprint density at radius 2 is 1.95 bits per heavy atom. The number of sulfonamides is 1. The van der Waals surface area contributed by atoms with Crippen molar-refractivity contribution in [1.29, 1.82) is 0 Å². The van der Waals surface area contributed by atoms with E-state index in [0.717, 1.165) is 31.2 Å². The zero-order valence-corrected chi connectivity index (χ0v) is 14.0. The summed E-state index contributed by atoms with van der Waals surface area (Å²) in [7, 11) is -3.45. The lowest BCUT2D eigenvalue weighted by Gasteiger charge is -2.23. The second-order valence-electron chi connectivity index (χ2n) is 6.04. The SMILES string of the molecule is CCC1CCCN(S(=O)(=O)c2c(C)ccc(N)c2C)CC1. The molecule has 1 aromatic carbocycles. The number of aryl methyl sites for hydroxylation is 1. The van der Waals surface area contributed by atoms with Crippen LogP contribution in [0.15, 0.2) is 17.0 Å². The van der Waals surface area contributed by atoms with Crippen LogP contribution in [0.25, 0.3) is 0 Å². The largest absolute Gasteiger partial charge is 0.398 e. The van der Waals surface area contributed by atoms with Gasteiger partial charge in [-0.3, -0.25) is 0 Å². The minimum Gasteiger partial charge on any atom is -0.398 e. The van der Waals surface area contributed by atoms with Crippen LogP contribution in [-0.4, -0.2) is 25.8 Å². The molecule has 0 radical (unpaired) electrons. The highest BCUT2D eigenvalue weighted by atomic mass is 32.2. The molecule has 0 amide bonds. The third-order valence-corrected chi connectivity index (χ3v) is 6.82. The zero-order chi connectivity index (χ0) is 15.6. The molecule has 1 heterocycles. The molecule has 118 valence electrons. The number of rotatable bonds is 3. The van der Waals surface area contributed by atoms with E-state index in [9.17, 15) is 8.42 Å². The van der Waals surface area contributed by atoms with E-state index in [4.69, 9.17) is 5.73 Å². The molecule has 1 saturated heterocycles. The first-order valence-corrected chi connectivity index (χ1v) is 9.17. The summed E-state index contributed by atoms with van der Waals surface area (Å²) < 4.78 is 27.6. The van der Waals surface area contributed by atoms with E-state index in [2.05, 4.69) is 6.92 Å². The van der Waals surface area contributed by atoms with Gasteiger partial charge in [-0.2, -0.15) is 4.31 Å². The molecule has 1 aliphatic rings. The topological polar surface area (TPSA) is 63.4 Å². The summed E-state index contributed by atoms with van der Waals surface area (Å²) in [6, 6.07) is 3.57. The Labute approximate surface area is 128 Å². The summed E-state index contributed by atoms with van der Waals surface area (Å²) in [4.78, 5) is 0.400. The summed E-state index contributed by atoms with van der Waals surface area (Å²) in [6.07, 6.45) is 4.15. The third-order valence-electron chi connectivity index (χ3n) is 4.63. The van der Waals surface area contributed by atoms with Crippen LogP contribution in [0.2, 0.25) is 0 Å². The van der Waals surface area contributed by atoms with Gasteiger partial charge in [0, 0.05) is 18.8 Å². The molecule has 0 bridgehead atoms. The van der Waals surface area contributed by atoms with Crippen molar-refractivity contribution in [1.82, 2.24) is 4.31 Å². The maximum absolute atomic E-state index is 13.0. The fourth-order valence-electron chi connectivity index (χ4n) is 3.16. The van der Waals surface area contributed by atoms with Crippen LogP contribution in [-0.2, 0) is 10.0 Å². The second-order valence-corrected chi connectivity index (χ2v) is 7.91. The highest BCUT2D eigenvalue weighted by Gasteiger charge is 2.30. The van der Waals surface area contributed by atoms with Crippen LogP contribution in [0.5, 0.6) is 0 Å². The smallest absolute Gasteiger partial charge is 0.243 e. The maximum Gasteiger partial charge on any atom is 0.243 e. The molecular weight excluding hydrogens is 284 g/mol. The average Bonchev–Trinajstić information content (AvgIpc) is 2.69. The van der Waals surface area contributed by atoms with Gasteiger partial charge in [-0.1, -0.05) is 19.4 Å². The van der Waals surface area contributed by atoms with Gasteiger partial charge >= 0.3 is 0 Å². The Kier molecular flexibility index (Phi) is 4.94. The molecular formula is C16H26N2O2S. The molecule has 2 rings (SSSR count). The van der Waals surface area contributed by atoms with Crippen molar-refractivity contribution in [3.8, 4) is 0 Å². The molecule has 0 aliphatic carbocycles. The summed E-state index contributed by atoms with van der Waals surface area (Å²) in [5.41, 5.74) is 7.90. The molecule has 4 nitrogen and oxygen atoms in total. The van der Waals surface area contributed by atoms with Crippen LogP contribution in [0.3, 0.4) is 0 Å². The lowest BCUT2D eigenvalue weighted by molar-refractivity contribution is 0.407. The highest BCUT2D eigenvalue weighted by molar-refractivity contribution is 7.89. The Hall–Kier alpha value is -1.07. The van der Waals surface area contributed by atoms with E-state index in [-0.39, 0.29) is 0 Å². The quantitative estimate of drug-likeness (QED) is 0.873. The number of hydrogen-bond acceptors (Lipinski definition) is 3. The second kappa shape index (κ2) is 6.36. The van der Waals surface area contributed by atoms with Crippen molar-refractivity contribution in [2.45, 2.75) is 51.3 Å². The molecule has 1 fully saturated rings. The molecule has 1 aliphatic heterocycles. The van der Waals surface area contributed by atoms with Crippen molar-refractivity contribution < 1.29 is 8.42 Å². The predicted molar refractivity (Wildman–Crippen MR) is 86.7 cm³/mol. The average molecular weight is 310 g/mol. The van der Waals surface area contributed by atoms with Crippen molar-refractivity contribution in [3.05, 3.63) is 23.3 Å². The molecule has 1 atom stereocenters. The molecule has 0 aromatic heterocycles. The Bertz CT molecular complexity index is 611. The van der Waals surface area contributed by atoms with Gasteiger partial charge in [0.1, 0.15) is 0 Å². The molecule has 21 heavy (non-hydrogen) atoms. The number of nitrogen functional groups attached to an aromatic ring is 1. The van der Waals surface area contributed by atoms with Crippen molar-refractivity contribution in [2.24, 2.45) is 5.92 Å². The number of hydrogen-bond donors (Lipinski definition) is 1. The normalized spacial score (nSPS) is 21.2. The minimum absolute atomic E-state index is 0.400. The van der Waals surface area contributed by atoms with Crippen molar-refractivity contribution in [3.63, 3.8) is 0 Å². The Balaban J connectivity index is 2.36. The lowest BCUT2D eigenvalue weighted by atomic mass is 9.98. The van der Waals surface area contributed by atoms with Crippen LogP contribution < -0.4 is 5.73 Å². The predicted octanol–water partition coefficient (Wildman–Crippen LogP) is 3.09. The number of anilines is 1. The summed E-state index contributed by atoms with van der Waals surface area (Å²) in [5, 5.41) is 0. The standard InChI is InChI=1S/C16H26N2O2S/c1-4-14-6-5-10-18(11-9-14)21(19,20)16-12(2)7-8-15(17)13(16)3/h7-8,14H,4-6,9-11,17H2,1-3H3. The molecule has 0 saturated carbocycles. The van der Waals surface area contributed by atoms with E-state index in [1.54, 1.807) is 23.4 Å². The number of benzene rings is 1. The van der Waals surface area contributed by atoms with Crippen LogP contribution >= 0.6 is 0 Å². The van der Waals surface area contributed by atoms with E-state index >= 15 is 0 Å². The van der Waals surface area contributed by atoms with Gasteiger partial charge in [0.25, 0.3) is 0 Å². The van der Waals surface area contributed by atoms with Gasteiger partial charge in [0.15, 0.2) is 0 Å². The lowest BCUT2D eigenvalue weighted by Crippen LogP contribution is -2.33. The minimum atomic E-state index is -3.45. The van der Waals surface area contributed by atoms with Gasteiger partial charge < -0.3 is 5.73 Å². The summed E-state index contributed by atoms with van der Waals surface area (Å²) in [5.74, 6) is 0.647.